The standard InChI is InChI=1S/C20H21F3N2O/c21-20(22,23)18-8-4-7-17(13-18)14-19(26)25-11-9-24(10-12-25)15-16-5-2-1-3-6-16/h1-8,13H,9-12,14-15H2. The molecule has 6 heteroatoms. The Hall–Kier alpha value is -2.34. The Morgan fingerprint density at radius 2 is 1.54 bits per heavy atom. The van der Waals surface area contributed by atoms with Crippen molar-refractivity contribution >= 4 is 5.91 Å². The number of alkyl halides is 3. The van der Waals surface area contributed by atoms with Crippen LogP contribution in [-0.2, 0) is 23.9 Å². The molecule has 0 saturated carbocycles. The van der Waals surface area contributed by atoms with E-state index in [1.165, 1.54) is 11.6 Å². The lowest BCUT2D eigenvalue weighted by Crippen LogP contribution is -2.48. The smallest absolute Gasteiger partial charge is 0.340 e. The van der Waals surface area contributed by atoms with Crippen molar-refractivity contribution in [3.05, 3.63) is 71.3 Å². The minimum absolute atomic E-state index is 0.00258. The van der Waals surface area contributed by atoms with Crippen LogP contribution in [0.2, 0.25) is 0 Å². The third-order valence-corrected chi connectivity index (χ3v) is 4.58. The number of hydrogen-bond donors (Lipinski definition) is 0. The van der Waals surface area contributed by atoms with Gasteiger partial charge in [-0.3, -0.25) is 9.69 Å². The first-order valence-electron chi connectivity index (χ1n) is 8.62. The van der Waals surface area contributed by atoms with Crippen molar-refractivity contribution in [1.82, 2.24) is 9.80 Å². The van der Waals surface area contributed by atoms with Crippen molar-refractivity contribution in [2.75, 3.05) is 26.2 Å². The number of halogens is 3. The first-order chi connectivity index (χ1) is 12.4. The highest BCUT2D eigenvalue weighted by Gasteiger charge is 2.30. The Kier molecular flexibility index (Phi) is 5.61. The number of piperazine rings is 1. The largest absolute Gasteiger partial charge is 0.416 e. The van der Waals surface area contributed by atoms with Gasteiger partial charge in [-0.2, -0.15) is 13.2 Å². The number of amides is 1. The molecule has 2 aromatic rings. The van der Waals surface area contributed by atoms with Gasteiger partial charge in [0.15, 0.2) is 0 Å². The van der Waals surface area contributed by atoms with E-state index in [9.17, 15) is 18.0 Å². The number of nitrogens with zero attached hydrogens (tertiary/aromatic N) is 2. The fraction of sp³-hybridized carbons (Fsp3) is 0.350. The molecule has 0 aliphatic carbocycles. The monoisotopic (exact) mass is 362 g/mol. The third-order valence-electron chi connectivity index (χ3n) is 4.58. The molecule has 1 fully saturated rings. The molecule has 2 aromatic carbocycles. The summed E-state index contributed by atoms with van der Waals surface area (Å²) in [6.45, 7) is 3.58. The van der Waals surface area contributed by atoms with E-state index >= 15 is 0 Å². The molecule has 1 aliphatic heterocycles. The molecule has 0 aromatic heterocycles. The van der Waals surface area contributed by atoms with Gasteiger partial charge in [-0.05, 0) is 17.2 Å². The molecule has 3 rings (SSSR count). The summed E-state index contributed by atoms with van der Waals surface area (Å²) in [7, 11) is 0. The second kappa shape index (κ2) is 7.91. The molecule has 1 heterocycles. The molecule has 26 heavy (non-hydrogen) atoms. The number of carbonyl (C=O) groups excluding carboxylic acids is 1. The summed E-state index contributed by atoms with van der Waals surface area (Å²) in [5.41, 5.74) is 0.920. The molecule has 0 N–H and O–H groups in total. The summed E-state index contributed by atoms with van der Waals surface area (Å²) in [5.74, 6) is -0.122. The first-order valence-corrected chi connectivity index (χ1v) is 8.62. The summed E-state index contributed by atoms with van der Waals surface area (Å²) in [4.78, 5) is 16.4. The normalized spacial score (nSPS) is 15.9. The fourth-order valence-corrected chi connectivity index (χ4v) is 3.14. The zero-order chi connectivity index (χ0) is 18.6. The van der Waals surface area contributed by atoms with Crippen LogP contribution in [0.5, 0.6) is 0 Å². The van der Waals surface area contributed by atoms with E-state index in [0.717, 1.165) is 31.8 Å². The van der Waals surface area contributed by atoms with E-state index in [4.69, 9.17) is 0 Å². The van der Waals surface area contributed by atoms with Crippen LogP contribution in [0, 0.1) is 0 Å². The van der Waals surface area contributed by atoms with Crippen molar-refractivity contribution in [3.8, 4) is 0 Å². The lowest BCUT2D eigenvalue weighted by atomic mass is 10.1. The van der Waals surface area contributed by atoms with Crippen molar-refractivity contribution in [1.29, 1.82) is 0 Å². The van der Waals surface area contributed by atoms with Gasteiger partial charge in [0, 0.05) is 32.7 Å². The molecule has 0 radical (unpaired) electrons. The SMILES string of the molecule is O=C(Cc1cccc(C(F)(F)F)c1)N1CCN(Cc2ccccc2)CC1. The maximum Gasteiger partial charge on any atom is 0.416 e. The fourth-order valence-electron chi connectivity index (χ4n) is 3.14. The molecule has 138 valence electrons. The van der Waals surface area contributed by atoms with E-state index in [-0.39, 0.29) is 12.3 Å². The van der Waals surface area contributed by atoms with Crippen LogP contribution < -0.4 is 0 Å². The molecule has 1 aliphatic rings. The van der Waals surface area contributed by atoms with Gasteiger partial charge in [0.05, 0.1) is 12.0 Å². The number of rotatable bonds is 4. The van der Waals surface area contributed by atoms with E-state index in [1.54, 1.807) is 11.0 Å². The Morgan fingerprint density at radius 1 is 0.885 bits per heavy atom. The summed E-state index contributed by atoms with van der Waals surface area (Å²) in [6.07, 6.45) is -4.38. The van der Waals surface area contributed by atoms with Crippen LogP contribution in [-0.4, -0.2) is 41.9 Å². The van der Waals surface area contributed by atoms with Gasteiger partial charge in [-0.15, -0.1) is 0 Å². The van der Waals surface area contributed by atoms with Crippen LogP contribution in [0.1, 0.15) is 16.7 Å². The Balaban J connectivity index is 1.52. The summed E-state index contributed by atoms with van der Waals surface area (Å²) < 4.78 is 38.3. The average molecular weight is 362 g/mol. The predicted octanol–water partition coefficient (Wildman–Crippen LogP) is 3.59. The van der Waals surface area contributed by atoms with E-state index in [1.807, 2.05) is 18.2 Å². The van der Waals surface area contributed by atoms with Crippen molar-refractivity contribution in [3.63, 3.8) is 0 Å². The highest BCUT2D eigenvalue weighted by atomic mass is 19.4. The van der Waals surface area contributed by atoms with Crippen LogP contribution >= 0.6 is 0 Å². The summed E-state index contributed by atoms with van der Waals surface area (Å²) in [6, 6.07) is 15.1. The molecule has 1 saturated heterocycles. The molecule has 3 nitrogen and oxygen atoms in total. The Labute approximate surface area is 151 Å². The van der Waals surface area contributed by atoms with Crippen molar-refractivity contribution < 1.29 is 18.0 Å². The van der Waals surface area contributed by atoms with Crippen molar-refractivity contribution in [2.45, 2.75) is 19.1 Å². The summed E-state index contributed by atoms with van der Waals surface area (Å²) >= 11 is 0. The lowest BCUT2D eigenvalue weighted by molar-refractivity contribution is -0.138. The third kappa shape index (κ3) is 4.85. The topological polar surface area (TPSA) is 23.6 Å². The highest BCUT2D eigenvalue weighted by molar-refractivity contribution is 5.79. The minimum Gasteiger partial charge on any atom is -0.340 e. The molecular formula is C20H21F3N2O. The molecule has 0 atom stereocenters. The van der Waals surface area contributed by atoms with Gasteiger partial charge >= 0.3 is 6.18 Å². The van der Waals surface area contributed by atoms with E-state index in [2.05, 4.69) is 17.0 Å². The van der Waals surface area contributed by atoms with E-state index < -0.39 is 11.7 Å². The van der Waals surface area contributed by atoms with Crippen LogP contribution in [0.25, 0.3) is 0 Å². The van der Waals surface area contributed by atoms with Gasteiger partial charge < -0.3 is 4.90 Å². The van der Waals surface area contributed by atoms with Crippen LogP contribution in [0.15, 0.2) is 54.6 Å². The van der Waals surface area contributed by atoms with Crippen LogP contribution in [0.3, 0.4) is 0 Å². The van der Waals surface area contributed by atoms with Gasteiger partial charge in [0.1, 0.15) is 0 Å². The number of hydrogen-bond acceptors (Lipinski definition) is 2. The average Bonchev–Trinajstić information content (AvgIpc) is 2.63. The maximum atomic E-state index is 12.8. The second-order valence-electron chi connectivity index (χ2n) is 6.52. The van der Waals surface area contributed by atoms with Gasteiger partial charge in [0.25, 0.3) is 0 Å². The zero-order valence-electron chi connectivity index (χ0n) is 14.4. The Bertz CT molecular complexity index is 738. The van der Waals surface area contributed by atoms with Crippen molar-refractivity contribution in [2.24, 2.45) is 0 Å². The number of carbonyl (C=O) groups is 1. The first kappa shape index (κ1) is 18.5. The van der Waals surface area contributed by atoms with Gasteiger partial charge in [-0.1, -0.05) is 48.5 Å². The molecular weight excluding hydrogens is 341 g/mol. The van der Waals surface area contributed by atoms with Crippen LogP contribution in [0.4, 0.5) is 13.2 Å². The predicted molar refractivity (Wildman–Crippen MR) is 93.4 cm³/mol. The molecule has 1 amide bonds. The Morgan fingerprint density at radius 3 is 2.19 bits per heavy atom. The molecule has 0 bridgehead atoms. The maximum absolute atomic E-state index is 12.8. The lowest BCUT2D eigenvalue weighted by Gasteiger charge is -2.34. The highest BCUT2D eigenvalue weighted by Crippen LogP contribution is 2.29. The summed E-state index contributed by atoms with van der Waals surface area (Å²) in [5, 5.41) is 0. The van der Waals surface area contributed by atoms with Gasteiger partial charge in [-0.25, -0.2) is 0 Å². The minimum atomic E-state index is -4.39. The van der Waals surface area contributed by atoms with Gasteiger partial charge in [0.2, 0.25) is 5.91 Å². The second-order valence-corrected chi connectivity index (χ2v) is 6.52. The van der Waals surface area contributed by atoms with E-state index in [0.29, 0.717) is 18.7 Å². The molecule has 0 unspecified atom stereocenters. The number of benzene rings is 2. The molecule has 0 spiro atoms. The quantitative estimate of drug-likeness (QED) is 0.830. The zero-order valence-corrected chi connectivity index (χ0v) is 14.4.